The minimum Gasteiger partial charge on any atom is -0.0683 e. The fraction of sp³-hybridized carbons (Fsp3) is 0.478. The second-order valence-electron chi connectivity index (χ2n) is 4.40. The Labute approximate surface area is 146 Å². The van der Waals surface area contributed by atoms with E-state index in [-0.39, 0.29) is 0 Å². The summed E-state index contributed by atoms with van der Waals surface area (Å²) in [5.74, 6) is 0.552. The van der Waals surface area contributed by atoms with Crippen LogP contribution in [0.5, 0.6) is 0 Å². The molecule has 1 aliphatic rings. The Hall–Kier alpha value is -1.56. The zero-order valence-electron chi connectivity index (χ0n) is 17.1. The van der Waals surface area contributed by atoms with Gasteiger partial charge in [-0.25, -0.2) is 0 Å². The van der Waals surface area contributed by atoms with Crippen molar-refractivity contribution in [2.75, 3.05) is 0 Å². The average molecular weight is 315 g/mol. The third kappa shape index (κ3) is 5.86. The molecule has 0 aliphatic heterocycles. The molecule has 3 rings (SSSR count). The molecule has 0 amide bonds. The summed E-state index contributed by atoms with van der Waals surface area (Å²) in [7, 11) is 0. The van der Waals surface area contributed by atoms with Gasteiger partial charge in [-0.1, -0.05) is 110 Å². The van der Waals surface area contributed by atoms with Gasteiger partial charge < -0.3 is 0 Å². The first-order valence-electron chi connectivity index (χ1n) is 9.47. The monoisotopic (exact) mass is 314 g/mol. The molecule has 0 saturated carbocycles. The molecule has 0 fully saturated rings. The van der Waals surface area contributed by atoms with Gasteiger partial charge in [-0.15, -0.1) is 0 Å². The lowest BCUT2D eigenvalue weighted by Crippen LogP contribution is -1.89. The third-order valence-electron chi connectivity index (χ3n) is 3.39. The van der Waals surface area contributed by atoms with E-state index in [1.165, 1.54) is 27.8 Å². The van der Waals surface area contributed by atoms with Gasteiger partial charge in [0.1, 0.15) is 0 Å². The van der Waals surface area contributed by atoms with E-state index in [9.17, 15) is 0 Å². The second-order valence-corrected chi connectivity index (χ2v) is 4.40. The average Bonchev–Trinajstić information content (AvgIpc) is 2.94. The maximum absolute atomic E-state index is 2.32. The second kappa shape index (κ2) is 14.1. The number of hydrogen-bond donors (Lipinski definition) is 0. The normalized spacial score (nSPS) is 12.3. The highest BCUT2D eigenvalue weighted by molar-refractivity contribution is 5.78. The van der Waals surface area contributed by atoms with E-state index in [4.69, 9.17) is 0 Å². The third-order valence-corrected chi connectivity index (χ3v) is 3.39. The van der Waals surface area contributed by atoms with Gasteiger partial charge in [0.05, 0.1) is 0 Å². The topological polar surface area (TPSA) is 0 Å². The van der Waals surface area contributed by atoms with Gasteiger partial charge >= 0.3 is 0 Å². The first-order chi connectivity index (χ1) is 11.3. The van der Waals surface area contributed by atoms with Crippen LogP contribution in [0.4, 0.5) is 0 Å². The summed E-state index contributed by atoms with van der Waals surface area (Å²) in [6.07, 6.45) is 0. The van der Waals surface area contributed by atoms with Crippen molar-refractivity contribution >= 4 is 0 Å². The molecule has 0 N–H and O–H groups in total. The predicted molar refractivity (Wildman–Crippen MR) is 110 cm³/mol. The van der Waals surface area contributed by atoms with Crippen molar-refractivity contribution in [3.8, 4) is 11.1 Å². The Balaban J connectivity index is 0. The maximum Gasteiger partial charge on any atom is 0.00734 e. The summed E-state index contributed by atoms with van der Waals surface area (Å²) in [6, 6.07) is 15.5. The minimum atomic E-state index is 0.552. The van der Waals surface area contributed by atoms with Crippen molar-refractivity contribution < 1.29 is 0 Å². The molecular weight excluding hydrogens is 276 g/mol. The molecule has 1 aliphatic carbocycles. The van der Waals surface area contributed by atoms with Gasteiger partial charge in [0.2, 0.25) is 0 Å². The summed E-state index contributed by atoms with van der Waals surface area (Å²) in [6.45, 7) is 20.5. The molecule has 0 bridgehead atoms. The van der Waals surface area contributed by atoms with E-state index >= 15 is 0 Å². The number of fused-ring (bicyclic) bond motifs is 3. The van der Waals surface area contributed by atoms with E-state index in [0.29, 0.717) is 5.92 Å². The summed E-state index contributed by atoms with van der Waals surface area (Å²) in [5.41, 5.74) is 7.14. The van der Waals surface area contributed by atoms with Crippen LogP contribution >= 0.6 is 0 Å². The van der Waals surface area contributed by atoms with Crippen molar-refractivity contribution in [2.45, 2.75) is 75.2 Å². The molecule has 0 heteroatoms. The van der Waals surface area contributed by atoms with Gasteiger partial charge in [-0.05, 0) is 29.2 Å². The van der Waals surface area contributed by atoms with Crippen molar-refractivity contribution in [3.63, 3.8) is 0 Å². The molecule has 130 valence electrons. The van der Waals surface area contributed by atoms with Gasteiger partial charge in [-0.3, -0.25) is 0 Å². The van der Waals surface area contributed by atoms with Gasteiger partial charge in [-0.2, -0.15) is 0 Å². The zero-order valence-corrected chi connectivity index (χ0v) is 17.1. The van der Waals surface area contributed by atoms with E-state index in [1.54, 1.807) is 0 Å². The van der Waals surface area contributed by atoms with Crippen LogP contribution in [0.3, 0.4) is 0 Å². The van der Waals surface area contributed by atoms with Crippen LogP contribution in [-0.2, 0) is 0 Å². The minimum absolute atomic E-state index is 0.552. The Bertz CT molecular complexity index is 523. The van der Waals surface area contributed by atoms with Crippen LogP contribution in [0.1, 0.15) is 84.9 Å². The van der Waals surface area contributed by atoms with Crippen LogP contribution in [0.2, 0.25) is 0 Å². The maximum atomic E-state index is 2.32. The van der Waals surface area contributed by atoms with Crippen molar-refractivity contribution in [1.82, 2.24) is 0 Å². The van der Waals surface area contributed by atoms with Crippen molar-refractivity contribution in [1.29, 1.82) is 0 Å². The highest BCUT2D eigenvalue weighted by atomic mass is 14.3. The van der Waals surface area contributed by atoms with Crippen LogP contribution in [-0.4, -0.2) is 0 Å². The molecule has 0 unspecified atom stereocenters. The van der Waals surface area contributed by atoms with Gasteiger partial charge in [0.25, 0.3) is 0 Å². The molecule has 0 radical (unpaired) electrons. The van der Waals surface area contributed by atoms with E-state index in [0.717, 1.165) is 0 Å². The molecule has 0 saturated heterocycles. The zero-order chi connectivity index (χ0) is 18.4. The molecule has 0 spiro atoms. The van der Waals surface area contributed by atoms with Crippen molar-refractivity contribution in [3.05, 3.63) is 59.2 Å². The Morgan fingerprint density at radius 1 is 0.609 bits per heavy atom. The van der Waals surface area contributed by atoms with Gasteiger partial charge in [0.15, 0.2) is 0 Å². The number of hydrogen-bond acceptors (Lipinski definition) is 0. The highest BCUT2D eigenvalue weighted by Gasteiger charge is 2.24. The summed E-state index contributed by atoms with van der Waals surface area (Å²) >= 11 is 0. The molecule has 0 aromatic heterocycles. The first-order valence-corrected chi connectivity index (χ1v) is 9.47. The lowest BCUT2D eigenvalue weighted by atomic mass is 9.98. The number of benzene rings is 2. The van der Waals surface area contributed by atoms with E-state index in [2.05, 4.69) is 56.3 Å². The smallest absolute Gasteiger partial charge is 0.00734 e. The Morgan fingerprint density at radius 2 is 1.09 bits per heavy atom. The van der Waals surface area contributed by atoms with Crippen LogP contribution in [0.25, 0.3) is 11.1 Å². The van der Waals surface area contributed by atoms with Crippen LogP contribution in [0.15, 0.2) is 42.5 Å². The largest absolute Gasteiger partial charge is 0.0683 e. The molecule has 2 aromatic rings. The lowest BCUT2D eigenvalue weighted by molar-refractivity contribution is 0.954. The molecule has 0 heterocycles. The standard InChI is InChI=1S/C15H14.4C2H6/c1-10-7-8-14-13-6-4-3-5-12(13)11(2)15(14)9-10;4*1-2/h3-9,11H,1-2H3;4*1-2H3/t11-;;;;/m0..../s1. The summed E-state index contributed by atoms with van der Waals surface area (Å²) < 4.78 is 0. The van der Waals surface area contributed by atoms with Gasteiger partial charge in [0, 0.05) is 5.92 Å². The predicted octanol–water partition coefficient (Wildman–Crippen LogP) is 8.23. The highest BCUT2D eigenvalue weighted by Crippen LogP contribution is 2.44. The summed E-state index contributed by atoms with van der Waals surface area (Å²) in [5, 5.41) is 0. The molecular formula is C23H38. The molecule has 23 heavy (non-hydrogen) atoms. The van der Waals surface area contributed by atoms with Crippen molar-refractivity contribution in [2.24, 2.45) is 0 Å². The molecule has 2 aromatic carbocycles. The SMILES string of the molecule is CC.CC.CC.CC.Cc1ccc2c(c1)[C@@H](C)c1ccccc1-2. The Kier molecular flexibility index (Phi) is 14.5. The quantitative estimate of drug-likeness (QED) is 0.459. The summed E-state index contributed by atoms with van der Waals surface area (Å²) in [4.78, 5) is 0. The fourth-order valence-corrected chi connectivity index (χ4v) is 2.57. The van der Waals surface area contributed by atoms with E-state index in [1.807, 2.05) is 55.4 Å². The van der Waals surface area contributed by atoms with Crippen LogP contribution < -0.4 is 0 Å². The lowest BCUT2D eigenvalue weighted by Gasteiger charge is -2.06. The molecule has 0 nitrogen and oxygen atoms in total. The Morgan fingerprint density at radius 3 is 1.65 bits per heavy atom. The van der Waals surface area contributed by atoms with E-state index < -0.39 is 0 Å². The fourth-order valence-electron chi connectivity index (χ4n) is 2.57. The number of rotatable bonds is 0. The molecule has 1 atom stereocenters. The number of aryl methyl sites for hydroxylation is 1. The van der Waals surface area contributed by atoms with Crippen LogP contribution in [0, 0.1) is 6.92 Å². The first kappa shape index (κ1) is 23.7.